The maximum atomic E-state index is 11.4. The molecule has 8 bridgehead atoms. The molecule has 5 aromatic rings. The number of aromatic amines is 2. The summed E-state index contributed by atoms with van der Waals surface area (Å²) in [5, 5.41) is 0. The minimum absolute atomic E-state index is 0.765. The van der Waals surface area contributed by atoms with Crippen molar-refractivity contribution in [3.63, 3.8) is 0 Å². The van der Waals surface area contributed by atoms with E-state index in [1.165, 1.54) is 6.08 Å². The van der Waals surface area contributed by atoms with Crippen LogP contribution in [0.4, 0.5) is 0 Å². The van der Waals surface area contributed by atoms with Gasteiger partial charge in [-0.25, -0.2) is 9.97 Å². The Bertz CT molecular complexity index is 2030. The summed E-state index contributed by atoms with van der Waals surface area (Å²) in [6.45, 7) is 0. The molecule has 3 aromatic heterocycles. The van der Waals surface area contributed by atoms with Gasteiger partial charge in [-0.1, -0.05) is 60.7 Å². The van der Waals surface area contributed by atoms with Crippen LogP contribution in [0.25, 0.3) is 74.7 Å². The summed E-state index contributed by atoms with van der Waals surface area (Å²) in [5.41, 5.74) is 11.8. The Kier molecular flexibility index (Phi) is 6.38. The lowest BCUT2D eigenvalue weighted by Crippen LogP contribution is -1.88. The van der Waals surface area contributed by atoms with Crippen molar-refractivity contribution in [1.29, 1.82) is 0 Å². The van der Waals surface area contributed by atoms with Gasteiger partial charge in [0.2, 0.25) is 0 Å². The fourth-order valence-electron chi connectivity index (χ4n) is 5.32. The number of allylic oxidation sites excluding steroid dienone is 1. The largest absolute Gasteiger partial charge is 0.354 e. The van der Waals surface area contributed by atoms with E-state index in [1.807, 2.05) is 66.8 Å². The van der Waals surface area contributed by atoms with Crippen LogP contribution >= 0.6 is 15.9 Å². The van der Waals surface area contributed by atoms with Crippen molar-refractivity contribution in [2.75, 3.05) is 0 Å². The van der Waals surface area contributed by atoms with Gasteiger partial charge in [-0.3, -0.25) is 4.79 Å². The second-order valence-electron chi connectivity index (χ2n) is 9.71. The number of benzene rings is 2. The van der Waals surface area contributed by atoms with Crippen LogP contribution in [0.5, 0.6) is 0 Å². The van der Waals surface area contributed by atoms with Crippen LogP contribution in [0.15, 0.2) is 95.5 Å². The van der Waals surface area contributed by atoms with Gasteiger partial charge in [0.05, 0.1) is 32.8 Å². The van der Waals surface area contributed by atoms with Gasteiger partial charge in [-0.15, -0.1) is 0 Å². The molecule has 6 heteroatoms. The minimum atomic E-state index is 0.765. The number of nitrogens with one attached hydrogen (secondary N) is 2. The molecule has 2 aliphatic rings. The van der Waals surface area contributed by atoms with Gasteiger partial charge in [-0.05, 0) is 87.8 Å². The fraction of sp³-hybridized carbons (Fsp3) is 0. The lowest BCUT2D eigenvalue weighted by molar-refractivity contribution is -0.104. The predicted molar refractivity (Wildman–Crippen MR) is 173 cm³/mol. The van der Waals surface area contributed by atoms with E-state index in [2.05, 4.69) is 68.4 Å². The number of fused-ring (bicyclic) bond motifs is 8. The van der Waals surface area contributed by atoms with Crippen LogP contribution in [-0.4, -0.2) is 26.2 Å². The lowest BCUT2D eigenvalue weighted by Gasteiger charge is -2.04. The van der Waals surface area contributed by atoms with Gasteiger partial charge in [-0.2, -0.15) is 0 Å². The highest BCUT2D eigenvalue weighted by atomic mass is 79.9. The molecule has 196 valence electrons. The van der Waals surface area contributed by atoms with Gasteiger partial charge in [0.15, 0.2) is 0 Å². The van der Waals surface area contributed by atoms with Crippen LogP contribution < -0.4 is 0 Å². The number of halogens is 1. The Labute approximate surface area is 244 Å². The second-order valence-corrected chi connectivity index (χ2v) is 10.5. The molecule has 0 atom stereocenters. The second kappa shape index (κ2) is 10.5. The summed E-state index contributed by atoms with van der Waals surface area (Å²) < 4.78 is 0.875. The number of aldehydes is 1. The van der Waals surface area contributed by atoms with E-state index < -0.39 is 0 Å². The van der Waals surface area contributed by atoms with Crippen molar-refractivity contribution >= 4 is 74.7 Å². The van der Waals surface area contributed by atoms with E-state index in [0.29, 0.717) is 0 Å². The monoisotopic (exact) mass is 594 g/mol. The van der Waals surface area contributed by atoms with Crippen molar-refractivity contribution in [2.45, 2.75) is 0 Å². The van der Waals surface area contributed by atoms with Gasteiger partial charge in [0, 0.05) is 33.2 Å². The van der Waals surface area contributed by atoms with E-state index in [0.717, 1.165) is 83.4 Å². The third kappa shape index (κ3) is 4.58. The van der Waals surface area contributed by atoms with Crippen molar-refractivity contribution < 1.29 is 4.79 Å². The molecule has 0 spiro atoms. The van der Waals surface area contributed by atoms with E-state index in [9.17, 15) is 4.79 Å². The van der Waals surface area contributed by atoms with Crippen molar-refractivity contribution in [3.8, 4) is 22.3 Å². The summed E-state index contributed by atoms with van der Waals surface area (Å²) in [5.74, 6) is 0. The number of aromatic nitrogens is 4. The Balaban J connectivity index is 1.66. The van der Waals surface area contributed by atoms with E-state index in [-0.39, 0.29) is 0 Å². The van der Waals surface area contributed by atoms with E-state index >= 15 is 0 Å². The molecule has 41 heavy (non-hydrogen) atoms. The van der Waals surface area contributed by atoms with Gasteiger partial charge >= 0.3 is 0 Å². The highest BCUT2D eigenvalue weighted by molar-refractivity contribution is 9.10. The minimum Gasteiger partial charge on any atom is -0.354 e. The molecular formula is C35H23BrN4O. The zero-order valence-corrected chi connectivity index (χ0v) is 23.4. The Hall–Kier alpha value is -5.07. The smallest absolute Gasteiger partial charge is 0.142 e. The highest BCUT2D eigenvalue weighted by Gasteiger charge is 2.16. The number of hydrogen-bond acceptors (Lipinski definition) is 3. The molecule has 0 aliphatic carbocycles. The predicted octanol–water partition coefficient (Wildman–Crippen LogP) is 8.96. The first-order valence-electron chi connectivity index (χ1n) is 13.2. The summed E-state index contributed by atoms with van der Waals surface area (Å²) in [6.07, 6.45) is 12.2. The highest BCUT2D eigenvalue weighted by Crippen LogP contribution is 2.35. The molecular weight excluding hydrogens is 572 g/mol. The Morgan fingerprint density at radius 1 is 0.561 bits per heavy atom. The number of carbonyl (C=O) groups is 1. The standard InChI is InChI=1S/C35H23BrN4O/c36-35-31-19-17-29(39-31)33(22-8-3-1-4-9-22)27-15-13-25(37-27)24(12-7-21-41)26-14-16-28(38-26)34(23-10-5-2-6-11-23)30-18-20-32(35)40-30/h1-21,37,40H/b12-7+,25-24?,26-24?,33-27?,33-29?,34-28?,34-30?,35-31?,35-32?. The molecule has 0 saturated carbocycles. The number of nitrogens with zero attached hydrogens (tertiary/aromatic N) is 2. The van der Waals surface area contributed by atoms with E-state index in [4.69, 9.17) is 9.97 Å². The van der Waals surface area contributed by atoms with Crippen LogP contribution in [0.1, 0.15) is 28.3 Å². The van der Waals surface area contributed by atoms with Crippen LogP contribution in [0.3, 0.4) is 0 Å². The topological polar surface area (TPSA) is 74.4 Å². The zero-order valence-electron chi connectivity index (χ0n) is 21.8. The van der Waals surface area contributed by atoms with Gasteiger partial charge in [0.1, 0.15) is 6.29 Å². The van der Waals surface area contributed by atoms with Crippen molar-refractivity contribution in [1.82, 2.24) is 19.9 Å². The van der Waals surface area contributed by atoms with Crippen molar-refractivity contribution in [2.24, 2.45) is 0 Å². The first-order chi connectivity index (χ1) is 20.2. The van der Waals surface area contributed by atoms with Crippen LogP contribution in [-0.2, 0) is 4.79 Å². The Morgan fingerprint density at radius 2 is 1.05 bits per heavy atom. The molecule has 7 rings (SSSR count). The quantitative estimate of drug-likeness (QED) is 0.158. The number of rotatable bonds is 4. The molecule has 0 radical (unpaired) electrons. The third-order valence-electron chi connectivity index (χ3n) is 7.20. The summed E-state index contributed by atoms with van der Waals surface area (Å²) in [6, 6.07) is 28.7. The maximum absolute atomic E-state index is 11.4. The molecule has 2 aromatic carbocycles. The number of carbonyl (C=O) groups excluding carboxylic acids is 1. The maximum Gasteiger partial charge on any atom is 0.142 e. The van der Waals surface area contributed by atoms with Crippen molar-refractivity contribution in [3.05, 3.63) is 124 Å². The number of hydrogen-bond donors (Lipinski definition) is 2. The van der Waals surface area contributed by atoms with E-state index in [1.54, 1.807) is 6.08 Å². The average molecular weight is 596 g/mol. The Morgan fingerprint density at radius 3 is 1.66 bits per heavy atom. The first-order valence-corrected chi connectivity index (χ1v) is 14.0. The van der Waals surface area contributed by atoms with Crippen LogP contribution in [0, 0.1) is 0 Å². The molecule has 0 saturated heterocycles. The molecule has 0 amide bonds. The molecule has 2 N–H and O–H groups in total. The fourth-order valence-corrected chi connectivity index (χ4v) is 5.77. The summed E-state index contributed by atoms with van der Waals surface area (Å²) >= 11 is 3.82. The lowest BCUT2D eigenvalue weighted by atomic mass is 10.0. The molecule has 5 heterocycles. The average Bonchev–Trinajstić information content (AvgIpc) is 3.83. The molecule has 2 aliphatic heterocycles. The molecule has 0 unspecified atom stereocenters. The third-order valence-corrected chi connectivity index (χ3v) is 8.03. The summed E-state index contributed by atoms with van der Waals surface area (Å²) in [4.78, 5) is 28.7. The van der Waals surface area contributed by atoms with Crippen LogP contribution in [0.2, 0.25) is 0 Å². The SMILES string of the molecule is O=C/C=C/c1c2nc(c(-c3ccccc3)c3ccc([nH]3)c(Br)c3nc(c(-c4ccccc4)c4ccc1[nH]4)C=C3)C=C2. The molecule has 5 nitrogen and oxygen atoms in total. The summed E-state index contributed by atoms with van der Waals surface area (Å²) in [7, 11) is 0. The normalized spacial score (nSPS) is 12.3. The number of H-pyrrole nitrogens is 2. The molecule has 0 fully saturated rings. The zero-order chi connectivity index (χ0) is 27.8. The van der Waals surface area contributed by atoms with Gasteiger partial charge in [0.25, 0.3) is 0 Å². The first kappa shape index (κ1) is 24.9. The van der Waals surface area contributed by atoms with Gasteiger partial charge < -0.3 is 9.97 Å².